The Balaban J connectivity index is 1.23. The molecule has 0 radical (unpaired) electrons. The number of aromatic nitrogens is 2. The lowest BCUT2D eigenvalue weighted by atomic mass is 10.0. The number of unbranched alkanes of at least 4 members (excludes halogenated alkanes) is 7. The summed E-state index contributed by atoms with van der Waals surface area (Å²) in [6.07, 6.45) is 17.9. The Kier molecular flexibility index (Phi) is 12.1. The lowest BCUT2D eigenvalue weighted by Crippen LogP contribution is -2.24. The molecule has 0 fully saturated rings. The fourth-order valence-electron chi connectivity index (χ4n) is 4.56. The molecular formula is C28H45N7O. The van der Waals surface area contributed by atoms with Crippen molar-refractivity contribution in [2.75, 3.05) is 19.7 Å². The van der Waals surface area contributed by atoms with E-state index in [1.165, 1.54) is 56.2 Å². The van der Waals surface area contributed by atoms with Gasteiger partial charge < -0.3 is 25.3 Å². The zero-order valence-electron chi connectivity index (χ0n) is 21.8. The van der Waals surface area contributed by atoms with E-state index < -0.39 is 0 Å². The number of imidazole rings is 1. The van der Waals surface area contributed by atoms with Gasteiger partial charge in [-0.25, -0.2) is 0 Å². The van der Waals surface area contributed by atoms with E-state index in [0.717, 1.165) is 64.0 Å². The third-order valence-corrected chi connectivity index (χ3v) is 6.70. The van der Waals surface area contributed by atoms with Crippen LogP contribution in [0, 0.1) is 5.41 Å². The minimum Gasteiger partial charge on any atom is -0.494 e. The number of aliphatic imine (C=N–C) groups is 2. The molecule has 0 unspecified atom stereocenters. The smallest absolute Gasteiger partial charge is 0.202 e. The molecule has 0 saturated carbocycles. The summed E-state index contributed by atoms with van der Waals surface area (Å²) >= 11 is 0. The van der Waals surface area contributed by atoms with E-state index in [1.54, 1.807) is 0 Å². The number of nitrogens with one attached hydrogen (secondary N) is 1. The second kappa shape index (κ2) is 15.9. The molecule has 1 aromatic carbocycles. The summed E-state index contributed by atoms with van der Waals surface area (Å²) in [6, 6.07) is 8.36. The molecule has 0 amide bonds. The summed E-state index contributed by atoms with van der Waals surface area (Å²) < 4.78 is 10.0. The number of hydrogen-bond acceptors (Lipinski definition) is 4. The largest absolute Gasteiger partial charge is 0.494 e. The average Bonchev–Trinajstić information content (AvgIpc) is 3.24. The number of rotatable bonds is 17. The summed E-state index contributed by atoms with van der Waals surface area (Å²) in [6.45, 7) is 4.16. The molecule has 8 heteroatoms. The third-order valence-electron chi connectivity index (χ3n) is 6.70. The van der Waals surface area contributed by atoms with Crippen LogP contribution in [0.2, 0.25) is 0 Å². The van der Waals surface area contributed by atoms with Crippen molar-refractivity contribution >= 4 is 11.7 Å². The van der Waals surface area contributed by atoms with E-state index in [4.69, 9.17) is 21.6 Å². The van der Waals surface area contributed by atoms with Crippen LogP contribution >= 0.6 is 0 Å². The molecule has 0 bridgehead atoms. The van der Waals surface area contributed by atoms with Gasteiger partial charge in [-0.15, -0.1) is 0 Å². The number of nitrogens with two attached hydrogens (primary N) is 2. The van der Waals surface area contributed by atoms with Gasteiger partial charge in [-0.05, 0) is 74.8 Å². The van der Waals surface area contributed by atoms with Crippen molar-refractivity contribution in [3.8, 4) is 5.75 Å². The molecule has 36 heavy (non-hydrogen) atoms. The van der Waals surface area contributed by atoms with Crippen LogP contribution in [0.3, 0.4) is 0 Å². The molecule has 0 aliphatic carbocycles. The zero-order valence-corrected chi connectivity index (χ0v) is 21.8. The van der Waals surface area contributed by atoms with Crippen LogP contribution < -0.4 is 21.8 Å². The Morgan fingerprint density at radius 2 is 1.50 bits per heavy atom. The first-order valence-electron chi connectivity index (χ1n) is 13.8. The molecule has 0 spiro atoms. The highest BCUT2D eigenvalue weighted by atomic mass is 16.5. The number of guanidine groups is 1. The van der Waals surface area contributed by atoms with Crippen LogP contribution in [0.5, 0.6) is 5.75 Å². The molecule has 0 saturated heterocycles. The number of ether oxygens (including phenoxy) is 1. The van der Waals surface area contributed by atoms with Gasteiger partial charge in [0.25, 0.3) is 0 Å². The Morgan fingerprint density at radius 1 is 0.861 bits per heavy atom. The van der Waals surface area contributed by atoms with Crippen LogP contribution in [-0.2, 0) is 13.1 Å². The highest BCUT2D eigenvalue weighted by Gasteiger charge is 2.08. The molecule has 5 N–H and O–H groups in total. The molecule has 8 nitrogen and oxygen atoms in total. The summed E-state index contributed by atoms with van der Waals surface area (Å²) in [5.41, 5.74) is 13.7. The van der Waals surface area contributed by atoms with Crippen LogP contribution in [0.15, 0.2) is 46.6 Å². The molecule has 1 aliphatic rings. The van der Waals surface area contributed by atoms with Gasteiger partial charge in [0, 0.05) is 44.3 Å². The average molecular weight is 496 g/mol. The van der Waals surface area contributed by atoms with Crippen molar-refractivity contribution in [1.82, 2.24) is 9.13 Å². The Bertz CT molecular complexity index is 1000. The maximum atomic E-state index is 8.44. The fraction of sp³-hybridized carbons (Fsp3) is 0.607. The second-order valence-electron chi connectivity index (χ2n) is 9.66. The molecule has 2 heterocycles. The molecule has 2 aromatic rings. The lowest BCUT2D eigenvalue weighted by Gasteiger charge is -2.12. The van der Waals surface area contributed by atoms with Crippen molar-refractivity contribution in [2.24, 2.45) is 21.5 Å². The van der Waals surface area contributed by atoms with Crippen molar-refractivity contribution in [2.45, 2.75) is 90.1 Å². The van der Waals surface area contributed by atoms with Crippen LogP contribution in [0.25, 0.3) is 0 Å². The SMILES string of the molecule is N=c1n(CCCCCCCCCN=C(N)N)ccn1CCCCOc1ccc(C2=NCCCC2)cc1. The van der Waals surface area contributed by atoms with E-state index in [0.29, 0.717) is 12.2 Å². The maximum absolute atomic E-state index is 8.44. The van der Waals surface area contributed by atoms with Crippen LogP contribution in [0.4, 0.5) is 0 Å². The van der Waals surface area contributed by atoms with Crippen molar-refractivity contribution < 1.29 is 4.74 Å². The van der Waals surface area contributed by atoms with Gasteiger partial charge in [0.05, 0.1) is 6.61 Å². The van der Waals surface area contributed by atoms with E-state index >= 15 is 0 Å². The maximum Gasteiger partial charge on any atom is 0.202 e. The van der Waals surface area contributed by atoms with Crippen LogP contribution in [-0.4, -0.2) is 40.5 Å². The van der Waals surface area contributed by atoms with Crippen molar-refractivity contribution in [3.63, 3.8) is 0 Å². The lowest BCUT2D eigenvalue weighted by molar-refractivity contribution is 0.302. The van der Waals surface area contributed by atoms with Crippen molar-refractivity contribution in [3.05, 3.63) is 47.8 Å². The van der Waals surface area contributed by atoms with Gasteiger partial charge in [-0.1, -0.05) is 32.1 Å². The summed E-state index contributed by atoms with van der Waals surface area (Å²) in [4.78, 5) is 8.66. The van der Waals surface area contributed by atoms with Gasteiger partial charge in [-0.3, -0.25) is 15.4 Å². The highest BCUT2D eigenvalue weighted by Crippen LogP contribution is 2.18. The topological polar surface area (TPSA) is 120 Å². The van der Waals surface area contributed by atoms with Gasteiger partial charge >= 0.3 is 0 Å². The Hall–Kier alpha value is -3.03. The summed E-state index contributed by atoms with van der Waals surface area (Å²) in [7, 11) is 0. The highest BCUT2D eigenvalue weighted by molar-refractivity contribution is 6.00. The predicted molar refractivity (Wildman–Crippen MR) is 148 cm³/mol. The molecule has 1 aromatic heterocycles. The third kappa shape index (κ3) is 9.91. The van der Waals surface area contributed by atoms with Gasteiger partial charge in [0.2, 0.25) is 5.62 Å². The molecule has 3 rings (SSSR count). The fourth-order valence-corrected chi connectivity index (χ4v) is 4.56. The second-order valence-corrected chi connectivity index (χ2v) is 9.66. The standard InChI is InChI=1S/C28H45N7O/c29-27(30)33-18-7-4-2-1-3-5-9-19-34-21-22-35(28(34)31)20-10-11-23-36-25-15-13-24(14-16-25)26-12-6-8-17-32-26/h13-16,21-22,31H,1-12,17-20,23H2,(H4,29,30,33). The molecular weight excluding hydrogens is 450 g/mol. The van der Waals surface area contributed by atoms with Gasteiger partial charge in [0.1, 0.15) is 5.75 Å². The monoisotopic (exact) mass is 495 g/mol. The molecule has 198 valence electrons. The number of hydrogen-bond donors (Lipinski definition) is 3. The Morgan fingerprint density at radius 3 is 2.14 bits per heavy atom. The molecule has 0 atom stereocenters. The zero-order chi connectivity index (χ0) is 25.4. The van der Waals surface area contributed by atoms with E-state index in [2.05, 4.69) is 38.8 Å². The van der Waals surface area contributed by atoms with Crippen LogP contribution in [0.1, 0.15) is 82.6 Å². The molecule has 1 aliphatic heterocycles. The van der Waals surface area contributed by atoms with E-state index in [9.17, 15) is 0 Å². The quantitative estimate of drug-likeness (QED) is 0.169. The minimum atomic E-state index is 0.187. The van der Waals surface area contributed by atoms with Gasteiger partial charge in [0.15, 0.2) is 5.96 Å². The predicted octanol–water partition coefficient (Wildman–Crippen LogP) is 4.61. The number of benzene rings is 1. The first-order valence-corrected chi connectivity index (χ1v) is 13.8. The normalized spacial score (nSPS) is 13.4. The number of nitrogens with zero attached hydrogens (tertiary/aromatic N) is 4. The summed E-state index contributed by atoms with van der Waals surface area (Å²) in [5, 5.41) is 8.44. The van der Waals surface area contributed by atoms with Gasteiger partial charge in [-0.2, -0.15) is 0 Å². The Labute approximate surface area is 216 Å². The first-order chi connectivity index (χ1) is 17.6. The van der Waals surface area contributed by atoms with E-state index in [-0.39, 0.29) is 5.96 Å². The summed E-state index contributed by atoms with van der Waals surface area (Å²) in [5.74, 6) is 1.10. The number of aryl methyl sites for hydroxylation is 2. The first kappa shape index (κ1) is 27.6. The van der Waals surface area contributed by atoms with E-state index in [1.807, 2.05) is 17.0 Å². The van der Waals surface area contributed by atoms with Crippen molar-refractivity contribution in [1.29, 1.82) is 5.41 Å². The minimum absolute atomic E-state index is 0.187.